The molecule has 0 bridgehead atoms. The van der Waals surface area contributed by atoms with E-state index in [4.69, 9.17) is 9.47 Å². The first kappa shape index (κ1) is 31.7. The molecular weight excluding hydrogens is 448 g/mol. The van der Waals surface area contributed by atoms with Crippen LogP contribution in [0, 0.1) is 0 Å². The topological polar surface area (TPSA) is 52.6 Å². The van der Waals surface area contributed by atoms with Crippen molar-refractivity contribution in [2.75, 3.05) is 7.11 Å². The van der Waals surface area contributed by atoms with Crippen molar-refractivity contribution in [3.8, 4) is 11.5 Å². The van der Waals surface area contributed by atoms with Gasteiger partial charge in [0, 0.05) is 12.0 Å². The fraction of sp³-hybridized carbons (Fsp3) is 0.625. The lowest BCUT2D eigenvalue weighted by molar-refractivity contribution is -0.134. The minimum Gasteiger partial charge on any atom is -0.493 e. The molecule has 0 aromatic heterocycles. The van der Waals surface area contributed by atoms with Gasteiger partial charge >= 0.3 is 5.97 Å². The van der Waals surface area contributed by atoms with Crippen LogP contribution in [-0.2, 0) is 4.79 Å². The first-order chi connectivity index (χ1) is 17.7. The zero-order valence-electron chi connectivity index (χ0n) is 23.0. The summed E-state index contributed by atoms with van der Waals surface area (Å²) in [7, 11) is 1.49. The number of allylic oxidation sites excluding steroid dienone is 4. The highest BCUT2D eigenvalue weighted by molar-refractivity contribution is 5.78. The number of esters is 1. The smallest absolute Gasteiger partial charge is 0.311 e. The fourth-order valence-electron chi connectivity index (χ4n) is 4.15. The third-order valence-corrected chi connectivity index (χ3v) is 6.36. The van der Waals surface area contributed by atoms with Crippen LogP contribution < -0.4 is 9.47 Å². The minimum absolute atomic E-state index is 0.290. The highest BCUT2D eigenvalue weighted by Gasteiger charge is 2.10. The summed E-state index contributed by atoms with van der Waals surface area (Å²) in [5, 5.41) is 0. The maximum absolute atomic E-state index is 12.1. The summed E-state index contributed by atoms with van der Waals surface area (Å²) in [4.78, 5) is 22.9. The van der Waals surface area contributed by atoms with Crippen molar-refractivity contribution in [1.82, 2.24) is 0 Å². The first-order valence-corrected chi connectivity index (χ1v) is 14.3. The summed E-state index contributed by atoms with van der Waals surface area (Å²) in [5.74, 6) is 0.444. The molecule has 0 unspecified atom stereocenters. The van der Waals surface area contributed by atoms with Crippen molar-refractivity contribution in [1.29, 1.82) is 0 Å². The summed E-state index contributed by atoms with van der Waals surface area (Å²) < 4.78 is 10.6. The number of carbonyl (C=O) groups is 2. The molecule has 0 N–H and O–H groups in total. The monoisotopic (exact) mass is 498 g/mol. The van der Waals surface area contributed by atoms with E-state index in [0.717, 1.165) is 32.0 Å². The molecule has 0 fully saturated rings. The second kappa shape index (κ2) is 23.1. The highest BCUT2D eigenvalue weighted by atomic mass is 16.6. The first-order valence-electron chi connectivity index (χ1n) is 14.3. The van der Waals surface area contributed by atoms with E-state index in [-0.39, 0.29) is 5.97 Å². The van der Waals surface area contributed by atoms with Crippen LogP contribution in [0.5, 0.6) is 11.5 Å². The van der Waals surface area contributed by atoms with Crippen LogP contribution >= 0.6 is 0 Å². The van der Waals surface area contributed by atoms with Crippen LogP contribution in [0.2, 0.25) is 0 Å². The average molecular weight is 499 g/mol. The lowest BCUT2D eigenvalue weighted by atomic mass is 10.0. The van der Waals surface area contributed by atoms with Gasteiger partial charge in [-0.15, -0.1) is 0 Å². The molecule has 4 heteroatoms. The number of aldehydes is 1. The molecule has 1 aromatic carbocycles. The normalized spacial score (nSPS) is 11.4. The lowest BCUT2D eigenvalue weighted by Crippen LogP contribution is -2.08. The maximum Gasteiger partial charge on any atom is 0.311 e. The predicted molar refractivity (Wildman–Crippen MR) is 151 cm³/mol. The summed E-state index contributed by atoms with van der Waals surface area (Å²) >= 11 is 0. The number of unbranched alkanes of at least 4 members (excludes halogenated alkanes) is 14. The zero-order valence-corrected chi connectivity index (χ0v) is 23.0. The van der Waals surface area contributed by atoms with Gasteiger partial charge < -0.3 is 9.47 Å². The highest BCUT2D eigenvalue weighted by Crippen LogP contribution is 2.28. The molecule has 0 amide bonds. The largest absolute Gasteiger partial charge is 0.493 e. The summed E-state index contributed by atoms with van der Waals surface area (Å²) in [5.41, 5.74) is 0.482. The van der Waals surface area contributed by atoms with Crippen molar-refractivity contribution >= 4 is 12.3 Å². The van der Waals surface area contributed by atoms with Crippen molar-refractivity contribution < 1.29 is 19.1 Å². The molecule has 36 heavy (non-hydrogen) atoms. The quantitative estimate of drug-likeness (QED) is 0.0495. The zero-order chi connectivity index (χ0) is 26.1. The summed E-state index contributed by atoms with van der Waals surface area (Å²) in [6, 6.07) is 4.76. The van der Waals surface area contributed by atoms with Crippen molar-refractivity contribution in [2.24, 2.45) is 0 Å². The number of hydrogen-bond acceptors (Lipinski definition) is 4. The van der Waals surface area contributed by atoms with E-state index in [2.05, 4.69) is 31.2 Å². The van der Waals surface area contributed by atoms with Crippen molar-refractivity contribution in [3.63, 3.8) is 0 Å². The van der Waals surface area contributed by atoms with Crippen LogP contribution in [0.1, 0.15) is 133 Å². The number of methoxy groups -OCH3 is 1. The molecular formula is C32H50O4. The number of hydrogen-bond donors (Lipinski definition) is 0. The molecule has 0 saturated carbocycles. The Hall–Kier alpha value is -2.36. The van der Waals surface area contributed by atoms with Gasteiger partial charge in [-0.1, -0.05) is 102 Å². The number of ether oxygens (including phenoxy) is 2. The van der Waals surface area contributed by atoms with E-state index in [1.807, 2.05) is 0 Å². The van der Waals surface area contributed by atoms with E-state index in [1.165, 1.54) is 90.6 Å². The molecule has 0 saturated heterocycles. The Morgan fingerprint density at radius 3 is 1.78 bits per heavy atom. The number of benzene rings is 1. The van der Waals surface area contributed by atoms with Gasteiger partial charge in [0.05, 0.1) is 7.11 Å². The molecule has 0 radical (unpaired) electrons. The maximum atomic E-state index is 12.1. The molecule has 0 aliphatic heterocycles. The lowest BCUT2D eigenvalue weighted by Gasteiger charge is -2.09. The van der Waals surface area contributed by atoms with E-state index in [9.17, 15) is 9.59 Å². The van der Waals surface area contributed by atoms with E-state index < -0.39 is 0 Å². The van der Waals surface area contributed by atoms with Crippen molar-refractivity contribution in [2.45, 2.75) is 122 Å². The Kier molecular flexibility index (Phi) is 20.3. The van der Waals surface area contributed by atoms with Crippen LogP contribution in [0.4, 0.5) is 0 Å². The summed E-state index contributed by atoms with van der Waals surface area (Å²) in [6.07, 6.45) is 31.8. The van der Waals surface area contributed by atoms with Crippen LogP contribution in [0.25, 0.3) is 0 Å². The van der Waals surface area contributed by atoms with Gasteiger partial charge in [-0.05, 0) is 56.7 Å². The molecule has 0 spiro atoms. The molecule has 0 aliphatic rings. The fourth-order valence-corrected chi connectivity index (χ4v) is 4.15. The second-order valence-corrected chi connectivity index (χ2v) is 9.59. The third-order valence-electron chi connectivity index (χ3n) is 6.36. The van der Waals surface area contributed by atoms with E-state index >= 15 is 0 Å². The Balaban J connectivity index is 1.93. The van der Waals surface area contributed by atoms with Gasteiger partial charge in [0.25, 0.3) is 0 Å². The predicted octanol–water partition coefficient (Wildman–Crippen LogP) is 9.57. The van der Waals surface area contributed by atoms with Crippen LogP contribution in [0.15, 0.2) is 42.5 Å². The standard InChI is InChI=1S/C32H50O4/c1-3-4-5-6-7-8-9-10-11-12-13-14-15-16-17-18-19-20-21-22-23-24-32(34)36-30-26-25-29(28-33)27-31(30)35-2/h16-17,20-21,25-28H,3-15,18-19,22-24H2,1-2H3/b17-16-,21-20-. The third kappa shape index (κ3) is 17.1. The van der Waals surface area contributed by atoms with Gasteiger partial charge in [-0.3, -0.25) is 9.59 Å². The number of carbonyl (C=O) groups excluding carboxylic acids is 2. The van der Waals surface area contributed by atoms with E-state index in [0.29, 0.717) is 23.5 Å². The Bertz CT molecular complexity index is 751. The molecule has 1 aromatic rings. The molecule has 202 valence electrons. The SMILES string of the molecule is CCCCCCCCCCCCCC/C=C\CC/C=C\CCCC(=O)Oc1ccc(C=O)cc1OC. The van der Waals surface area contributed by atoms with Gasteiger partial charge in [-0.2, -0.15) is 0 Å². The van der Waals surface area contributed by atoms with Crippen LogP contribution in [-0.4, -0.2) is 19.4 Å². The molecule has 4 nitrogen and oxygen atoms in total. The minimum atomic E-state index is -0.290. The Labute approximate surface area is 220 Å². The summed E-state index contributed by atoms with van der Waals surface area (Å²) in [6.45, 7) is 2.28. The van der Waals surface area contributed by atoms with Gasteiger partial charge in [0.15, 0.2) is 11.5 Å². The van der Waals surface area contributed by atoms with Gasteiger partial charge in [0.2, 0.25) is 0 Å². The molecule has 0 heterocycles. The second-order valence-electron chi connectivity index (χ2n) is 9.59. The van der Waals surface area contributed by atoms with Crippen LogP contribution in [0.3, 0.4) is 0 Å². The Morgan fingerprint density at radius 2 is 1.22 bits per heavy atom. The van der Waals surface area contributed by atoms with E-state index in [1.54, 1.807) is 18.2 Å². The van der Waals surface area contributed by atoms with Gasteiger partial charge in [0.1, 0.15) is 6.29 Å². The molecule has 0 aliphatic carbocycles. The van der Waals surface area contributed by atoms with Gasteiger partial charge in [-0.25, -0.2) is 0 Å². The number of rotatable bonds is 23. The molecule has 1 rings (SSSR count). The average Bonchev–Trinajstić information content (AvgIpc) is 2.89. The molecule has 0 atom stereocenters. The van der Waals surface area contributed by atoms with Crippen molar-refractivity contribution in [3.05, 3.63) is 48.1 Å². The Morgan fingerprint density at radius 1 is 0.694 bits per heavy atom.